The summed E-state index contributed by atoms with van der Waals surface area (Å²) in [7, 11) is -5.97. The smallest absolute Gasteiger partial charge is 0.410 e. The standard InChI is InChI=1S/C96H114ClN17O19S5/c1-61(2)51-111(136(122,123)71-29-32-76-84(46-71)131-93(103-76)110(11)90(118)79-28-21-39-107(79)8)55-81(115)80(44-66-26-19-14-20-27-66)114(54-69-49-98-59-134-69)96(121)133-86(57-113(53-63(5)6)138(126,127)73-31-34-75-83(48-73)130-92(102-75)109(10)89(117)68-35-38-100-87(97)45-68)78(43-65-24-17-13-18-25-65)105-95(120)132-85(77(42-64-22-15-12-16-23-64)104-94(119)128-58-70-50-99-60-135-70)56-112(52-62(3)4)137(124,125)72-30-33-74-82(47-72)129-91(101-74)108(9)88(116)67-36-40-106(7)41-37-67/h12-20,22-27,29-35,38,45-50,59-63,67,77-81,85-86,115H,21,28,36-37,39-44,51-58H2,1-11H3,(H,104,119)(H,105,120). The lowest BCUT2D eigenvalue weighted by Crippen LogP contribution is -2.58. The van der Waals surface area contributed by atoms with Gasteiger partial charge in [0, 0.05) is 100 Å². The Labute approximate surface area is 814 Å². The molecule has 7 atom stereocenters. The number of carbonyl (C=O) groups excluding carboxylic acids is 6. The molecule has 6 aromatic carbocycles. The Morgan fingerprint density at radius 1 is 0.522 bits per heavy atom. The lowest BCUT2D eigenvalue weighted by molar-refractivity contribution is -0.124. The number of pyridine rings is 1. The van der Waals surface area contributed by atoms with Crippen LogP contribution in [0.2, 0.25) is 5.15 Å². The Morgan fingerprint density at radius 3 is 1.41 bits per heavy atom. The molecule has 2 saturated heterocycles. The Balaban J connectivity index is 0.871. The third kappa shape index (κ3) is 25.5. The Hall–Kier alpha value is -11.7. The summed E-state index contributed by atoms with van der Waals surface area (Å²) in [6.45, 7) is 9.35. The Kier molecular flexibility index (Phi) is 33.7. The first kappa shape index (κ1) is 102. The maximum Gasteiger partial charge on any atom is 0.410 e. The number of aliphatic hydroxyl groups is 1. The molecule has 138 heavy (non-hydrogen) atoms. The summed E-state index contributed by atoms with van der Waals surface area (Å²) in [6.07, 6.45) is -2.49. The van der Waals surface area contributed by atoms with E-state index < -0.39 is 128 Å². The maximum atomic E-state index is 16.9. The van der Waals surface area contributed by atoms with Crippen molar-refractivity contribution in [3.63, 3.8) is 0 Å². The minimum atomic E-state index is -4.90. The lowest BCUT2D eigenvalue weighted by Gasteiger charge is -2.39. The number of alkyl carbamates (subject to hydrolysis) is 2. The van der Waals surface area contributed by atoms with Crippen LogP contribution in [0.1, 0.15) is 104 Å². The summed E-state index contributed by atoms with van der Waals surface area (Å²) in [4.78, 5) is 125. The molecule has 0 bridgehead atoms. The molecule has 0 saturated carbocycles. The molecule has 2 aliphatic heterocycles. The number of amides is 6. The van der Waals surface area contributed by atoms with Crippen molar-refractivity contribution < 1.29 is 86.6 Å². The second-order valence-corrected chi connectivity index (χ2v) is 44.1. The van der Waals surface area contributed by atoms with E-state index in [-0.39, 0.29) is 152 Å². The van der Waals surface area contributed by atoms with Crippen LogP contribution in [0.25, 0.3) is 33.3 Å². The van der Waals surface area contributed by atoms with Crippen molar-refractivity contribution in [3.05, 3.63) is 224 Å². The first-order chi connectivity index (χ1) is 65.9. The molecule has 6 amide bonds. The fourth-order valence-corrected chi connectivity index (χ4v) is 23.0. The van der Waals surface area contributed by atoms with Crippen LogP contribution in [0, 0.1) is 23.7 Å². The lowest BCUT2D eigenvalue weighted by atomic mass is 9.96. The number of hydrogen-bond acceptors (Lipinski definition) is 29. The fraction of sp³-hybridized carbons (Fsp3) is 0.417. The van der Waals surface area contributed by atoms with Gasteiger partial charge in [-0.25, -0.2) is 44.6 Å². The average Bonchev–Trinajstić information content (AvgIpc) is 1.50. The number of aromatic nitrogens is 6. The number of thiazole rings is 2. The highest BCUT2D eigenvalue weighted by Gasteiger charge is 2.44. The van der Waals surface area contributed by atoms with Crippen LogP contribution in [0.5, 0.6) is 0 Å². The van der Waals surface area contributed by atoms with Gasteiger partial charge in [-0.1, -0.05) is 144 Å². The van der Waals surface area contributed by atoms with E-state index in [9.17, 15) is 24.3 Å². The van der Waals surface area contributed by atoms with Crippen LogP contribution in [0.4, 0.5) is 32.4 Å². The summed E-state index contributed by atoms with van der Waals surface area (Å²) in [5, 5.41) is 19.4. The van der Waals surface area contributed by atoms with Gasteiger partial charge in [0.25, 0.3) is 5.91 Å². The molecule has 2 aliphatic rings. The second-order valence-electron chi connectivity index (χ2n) is 36.0. The molecule has 6 aromatic heterocycles. The number of oxazole rings is 3. The minimum absolute atomic E-state index is 0.0311. The average molecular weight is 2010 g/mol. The number of piperidine rings is 1. The van der Waals surface area contributed by atoms with Gasteiger partial charge in [-0.2, -0.15) is 27.9 Å². The predicted molar refractivity (Wildman–Crippen MR) is 522 cm³/mol. The van der Waals surface area contributed by atoms with Crippen LogP contribution >= 0.6 is 34.3 Å². The van der Waals surface area contributed by atoms with Crippen molar-refractivity contribution >= 4 is 152 Å². The largest absolute Gasteiger partial charge is 0.444 e. The second kappa shape index (κ2) is 45.5. The van der Waals surface area contributed by atoms with E-state index in [0.717, 1.165) is 42.1 Å². The number of nitrogens with one attached hydrogen (secondary N) is 2. The third-order valence-electron chi connectivity index (χ3n) is 24.1. The van der Waals surface area contributed by atoms with Crippen LogP contribution in [-0.2, 0) is 86.3 Å². The Bertz CT molecular complexity index is 6560. The van der Waals surface area contributed by atoms with Crippen molar-refractivity contribution in [3.8, 4) is 0 Å². The van der Waals surface area contributed by atoms with Crippen LogP contribution in [0.15, 0.2) is 215 Å². The number of sulfonamides is 3. The monoisotopic (exact) mass is 2000 g/mol. The number of likely N-dealkylation sites (N-methyl/N-ethyl adjacent to an activating group) is 2. The van der Waals surface area contributed by atoms with Gasteiger partial charge in [0.2, 0.25) is 41.9 Å². The molecule has 14 rings (SSSR count). The first-order valence-electron chi connectivity index (χ1n) is 45.4. The summed E-state index contributed by atoms with van der Waals surface area (Å²) in [5.41, 5.74) is 5.53. The van der Waals surface area contributed by atoms with Crippen molar-refractivity contribution in [1.29, 1.82) is 0 Å². The van der Waals surface area contributed by atoms with Gasteiger partial charge < -0.3 is 48.1 Å². The van der Waals surface area contributed by atoms with Crippen molar-refractivity contribution in [2.45, 2.75) is 157 Å². The topological polar surface area (TPSA) is 423 Å². The van der Waals surface area contributed by atoms with Gasteiger partial charge in [0.1, 0.15) is 40.5 Å². The van der Waals surface area contributed by atoms with E-state index >= 15 is 34.8 Å². The van der Waals surface area contributed by atoms with Gasteiger partial charge in [0.05, 0.1) is 80.5 Å². The zero-order valence-corrected chi connectivity index (χ0v) is 83.2. The quantitative estimate of drug-likeness (QED) is 0.0236. The molecule has 2 fully saturated rings. The number of likely N-dealkylation sites (tertiary alicyclic amines) is 2. The van der Waals surface area contributed by atoms with Gasteiger partial charge in [-0.05, 0) is 162 Å². The van der Waals surface area contributed by atoms with E-state index in [0.29, 0.717) is 58.8 Å². The van der Waals surface area contributed by atoms with Gasteiger partial charge >= 0.3 is 36.3 Å². The van der Waals surface area contributed by atoms with E-state index in [1.807, 2.05) is 19.0 Å². The number of fused-ring (bicyclic) bond motifs is 3. The van der Waals surface area contributed by atoms with Crippen LogP contribution in [0.3, 0.4) is 0 Å². The minimum Gasteiger partial charge on any atom is -0.444 e. The highest BCUT2D eigenvalue weighted by molar-refractivity contribution is 7.89. The number of halogens is 1. The third-order valence-corrected chi connectivity index (χ3v) is 31.3. The highest BCUT2D eigenvalue weighted by atomic mass is 35.5. The molecule has 0 aliphatic carbocycles. The number of anilines is 3. The summed E-state index contributed by atoms with van der Waals surface area (Å²) in [5.74, 6) is -2.70. The highest BCUT2D eigenvalue weighted by Crippen LogP contribution is 2.36. The molecule has 0 radical (unpaired) electrons. The number of benzene rings is 6. The molecular weight excluding hydrogens is 1890 g/mol. The zero-order chi connectivity index (χ0) is 98.4. The molecule has 36 nitrogen and oxygen atoms in total. The Morgan fingerprint density at radius 2 is 0.964 bits per heavy atom. The molecule has 12 aromatic rings. The SMILES string of the molecule is CC(C)CN(CC(O)C(Cc1ccccc1)N(Cc1cncs1)C(=O)OC(CN(CC(C)C)S(=O)(=O)c1ccc2nc(N(C)C(=O)c3ccnc(Cl)c3)oc2c1)C(Cc1ccccc1)NC(=O)OC(CN(CC(C)C)S(=O)(=O)c1ccc2nc(N(C)C(=O)C3CCN(C)CC3)oc2c1)C(Cc1ccccc1)NC(=O)OCc1cncs1)S(=O)(=O)c1ccc2nc(N(C)C(=O)C3CCCN3C)oc2c1. The van der Waals surface area contributed by atoms with Gasteiger partial charge in [-0.3, -0.25) is 48.9 Å². The number of ether oxygens (including phenoxy) is 3. The maximum absolute atomic E-state index is 16.9. The van der Waals surface area contributed by atoms with E-state index in [1.165, 1.54) is 124 Å². The zero-order valence-electron chi connectivity index (χ0n) is 78.4. The molecule has 0 spiro atoms. The van der Waals surface area contributed by atoms with Crippen molar-refractivity contribution in [2.75, 3.05) is 109 Å². The molecular formula is C96H114ClN17O19S5. The molecule has 8 heterocycles. The van der Waals surface area contributed by atoms with Crippen molar-refractivity contribution in [1.82, 2.24) is 68.2 Å². The summed E-state index contributed by atoms with van der Waals surface area (Å²) >= 11 is 8.56. The summed E-state index contributed by atoms with van der Waals surface area (Å²) in [6, 6.07) is 36.0. The number of rotatable bonds is 42. The van der Waals surface area contributed by atoms with E-state index in [4.69, 9.17) is 39.1 Å². The molecule has 734 valence electrons. The normalized spacial score (nSPS) is 15.7. The molecule has 42 heteroatoms. The fourth-order valence-electron chi connectivity index (χ4n) is 16.8. The number of aliphatic hydroxyl groups excluding tert-OH is 1. The van der Waals surface area contributed by atoms with Crippen LogP contribution < -0.4 is 25.3 Å². The number of carbonyl (C=O) groups is 6. The van der Waals surface area contributed by atoms with Crippen LogP contribution in [-0.4, -0.2) is 261 Å². The summed E-state index contributed by atoms with van der Waals surface area (Å²) < 4.78 is 137. The number of nitrogens with zero attached hydrogens (tertiary/aromatic N) is 15. The van der Waals surface area contributed by atoms with E-state index in [2.05, 4.69) is 45.4 Å². The number of hydrogen-bond donors (Lipinski definition) is 3. The molecule has 3 N–H and O–H groups in total. The van der Waals surface area contributed by atoms with Gasteiger partial charge in [0.15, 0.2) is 16.7 Å². The van der Waals surface area contributed by atoms with Crippen molar-refractivity contribution in [2.24, 2.45) is 23.7 Å². The molecule has 7 unspecified atom stereocenters. The van der Waals surface area contributed by atoms with Gasteiger partial charge in [-0.15, -0.1) is 22.7 Å². The van der Waals surface area contributed by atoms with E-state index in [1.54, 1.807) is 152 Å². The predicted octanol–water partition coefficient (Wildman–Crippen LogP) is 13.3. The first-order valence-corrected chi connectivity index (χ1v) is 51.9.